The highest BCUT2D eigenvalue weighted by Crippen LogP contribution is 2.32. The molecule has 1 fully saturated rings. The van der Waals surface area contributed by atoms with Gasteiger partial charge in [-0.2, -0.15) is 5.10 Å². The van der Waals surface area contributed by atoms with Crippen molar-refractivity contribution in [3.8, 4) is 0 Å². The number of thiazole rings is 1. The van der Waals surface area contributed by atoms with E-state index in [1.54, 1.807) is 0 Å². The van der Waals surface area contributed by atoms with Crippen molar-refractivity contribution in [1.82, 2.24) is 24.3 Å². The van der Waals surface area contributed by atoms with Gasteiger partial charge in [0.1, 0.15) is 21.1 Å². The number of aryl methyl sites for hydroxylation is 1. The average molecular weight is 498 g/mol. The lowest BCUT2D eigenvalue weighted by atomic mass is 9.83. The molecule has 9 nitrogen and oxygen atoms in total. The van der Waals surface area contributed by atoms with E-state index in [2.05, 4.69) is 15.1 Å². The first-order chi connectivity index (χ1) is 15.1. The van der Waals surface area contributed by atoms with E-state index in [9.17, 15) is 18.0 Å². The number of rotatable bonds is 7. The maximum atomic E-state index is 13.5. The highest BCUT2D eigenvalue weighted by atomic mass is 35.5. The molecule has 0 radical (unpaired) electrons. The molecule has 0 amide bonds. The van der Waals surface area contributed by atoms with E-state index in [4.69, 9.17) is 11.6 Å². The monoisotopic (exact) mass is 497 g/mol. The van der Waals surface area contributed by atoms with Crippen molar-refractivity contribution >= 4 is 49.6 Å². The minimum Gasteiger partial charge on any atom is -0.297 e. The first kappa shape index (κ1) is 23.1. The minimum atomic E-state index is -3.76. The van der Waals surface area contributed by atoms with Crippen LogP contribution in [0.15, 0.2) is 22.3 Å². The number of aromatic nitrogens is 5. The molecule has 1 unspecified atom stereocenters. The summed E-state index contributed by atoms with van der Waals surface area (Å²) in [5.74, 6) is 0.137. The maximum absolute atomic E-state index is 13.5. The second kappa shape index (κ2) is 9.03. The summed E-state index contributed by atoms with van der Waals surface area (Å²) < 4.78 is 27.5. The first-order valence-corrected chi connectivity index (χ1v) is 13.5. The van der Waals surface area contributed by atoms with Gasteiger partial charge < -0.3 is 0 Å². The van der Waals surface area contributed by atoms with E-state index in [0.717, 1.165) is 31.9 Å². The predicted octanol–water partition coefficient (Wildman–Crippen LogP) is 2.97. The van der Waals surface area contributed by atoms with Crippen molar-refractivity contribution in [3.05, 3.63) is 32.2 Å². The molecule has 1 aliphatic rings. The summed E-state index contributed by atoms with van der Waals surface area (Å²) in [6.07, 6.45) is 9.75. The van der Waals surface area contributed by atoms with E-state index in [1.165, 1.54) is 46.6 Å². The molecule has 0 aromatic carbocycles. The standard InChI is InChI=1S/C20H24ClN5O4S2/c1-25-18-17(19(24-25)32(2,29)30)20(28)26(11-23-18)13(8-12-6-4-3-5-7-12)14(27)9-16-22-10-15(21)31-16/h10-13H,3-9H2,1-2H3. The molecule has 0 spiro atoms. The maximum Gasteiger partial charge on any atom is 0.266 e. The molecule has 0 saturated heterocycles. The molecule has 3 heterocycles. The molecule has 1 saturated carbocycles. The summed E-state index contributed by atoms with van der Waals surface area (Å²) in [4.78, 5) is 35.3. The third-order valence-corrected chi connectivity index (χ3v) is 8.03. The Morgan fingerprint density at radius 1 is 1.28 bits per heavy atom. The van der Waals surface area contributed by atoms with Crippen LogP contribution in [0.5, 0.6) is 0 Å². The lowest BCUT2D eigenvalue weighted by molar-refractivity contribution is -0.122. The quantitative estimate of drug-likeness (QED) is 0.492. The molecule has 4 rings (SSSR count). The van der Waals surface area contributed by atoms with E-state index >= 15 is 0 Å². The number of fused-ring (bicyclic) bond motifs is 1. The van der Waals surface area contributed by atoms with Crippen LogP contribution in [0.3, 0.4) is 0 Å². The SMILES string of the molecule is Cn1nc(S(C)(=O)=O)c2c(=O)n(C(CC3CCCCC3)C(=O)Cc3ncc(Cl)s3)cnc21. The molecule has 1 atom stereocenters. The normalized spacial score (nSPS) is 16.5. The van der Waals surface area contributed by atoms with Gasteiger partial charge in [0, 0.05) is 13.3 Å². The molecule has 0 bridgehead atoms. The van der Waals surface area contributed by atoms with Gasteiger partial charge in [-0.05, 0) is 12.3 Å². The second-order valence-corrected chi connectivity index (χ2v) is 12.0. The minimum absolute atomic E-state index is 0.0468. The fraction of sp³-hybridized carbons (Fsp3) is 0.550. The van der Waals surface area contributed by atoms with Crippen LogP contribution < -0.4 is 5.56 Å². The number of ketones is 1. The molecular formula is C20H24ClN5O4S2. The number of nitrogens with zero attached hydrogens (tertiary/aromatic N) is 5. The van der Waals surface area contributed by atoms with Crippen molar-refractivity contribution in [2.45, 2.75) is 56.0 Å². The van der Waals surface area contributed by atoms with Crippen LogP contribution in [0.2, 0.25) is 4.34 Å². The Labute approximate surface area is 194 Å². The Morgan fingerprint density at radius 3 is 2.62 bits per heavy atom. The van der Waals surface area contributed by atoms with Crippen molar-refractivity contribution < 1.29 is 13.2 Å². The molecule has 32 heavy (non-hydrogen) atoms. The Morgan fingerprint density at radius 2 is 2.00 bits per heavy atom. The van der Waals surface area contributed by atoms with Gasteiger partial charge in [0.05, 0.1) is 18.7 Å². The Hall–Kier alpha value is -2.11. The highest BCUT2D eigenvalue weighted by molar-refractivity contribution is 7.90. The number of hydrogen-bond donors (Lipinski definition) is 0. The summed E-state index contributed by atoms with van der Waals surface area (Å²) in [5.41, 5.74) is -0.405. The largest absolute Gasteiger partial charge is 0.297 e. The Kier molecular flexibility index (Phi) is 6.51. The fourth-order valence-corrected chi connectivity index (χ4v) is 6.17. The van der Waals surface area contributed by atoms with Crippen molar-refractivity contribution in [2.24, 2.45) is 13.0 Å². The molecule has 3 aromatic heterocycles. The van der Waals surface area contributed by atoms with E-state index in [1.807, 2.05) is 0 Å². The number of carbonyl (C=O) groups excluding carboxylic acids is 1. The zero-order chi connectivity index (χ0) is 23.0. The molecule has 12 heteroatoms. The first-order valence-electron chi connectivity index (χ1n) is 10.4. The van der Waals surface area contributed by atoms with Crippen molar-refractivity contribution in [2.75, 3.05) is 6.26 Å². The summed E-state index contributed by atoms with van der Waals surface area (Å²) in [6, 6.07) is -0.766. The topological polar surface area (TPSA) is 117 Å². The van der Waals surface area contributed by atoms with Gasteiger partial charge >= 0.3 is 0 Å². The number of Topliss-reactive ketones (excluding diaryl/α,β-unsaturated/α-hetero) is 1. The van der Waals surface area contributed by atoms with Crippen LogP contribution in [-0.2, 0) is 28.1 Å². The summed E-state index contributed by atoms with van der Waals surface area (Å²) in [6.45, 7) is 0. The van der Waals surface area contributed by atoms with Gasteiger partial charge in [0.15, 0.2) is 26.3 Å². The second-order valence-electron chi connectivity index (χ2n) is 8.31. The number of carbonyl (C=O) groups is 1. The van der Waals surface area contributed by atoms with Crippen LogP contribution in [-0.4, -0.2) is 44.8 Å². The lowest BCUT2D eigenvalue weighted by Crippen LogP contribution is -2.33. The number of hydrogen-bond acceptors (Lipinski definition) is 8. The van der Waals surface area contributed by atoms with Crippen LogP contribution in [0, 0.1) is 5.92 Å². The average Bonchev–Trinajstić information content (AvgIpc) is 3.30. The van der Waals surface area contributed by atoms with Crippen LogP contribution >= 0.6 is 22.9 Å². The van der Waals surface area contributed by atoms with Gasteiger partial charge in [-0.25, -0.2) is 23.1 Å². The van der Waals surface area contributed by atoms with Crippen molar-refractivity contribution in [1.29, 1.82) is 0 Å². The van der Waals surface area contributed by atoms with Crippen LogP contribution in [0.1, 0.15) is 49.6 Å². The summed E-state index contributed by atoms with van der Waals surface area (Å²) >= 11 is 7.19. The summed E-state index contributed by atoms with van der Waals surface area (Å²) in [5, 5.41) is 4.17. The lowest BCUT2D eigenvalue weighted by Gasteiger charge is -2.26. The van der Waals surface area contributed by atoms with Gasteiger partial charge in [0.25, 0.3) is 5.56 Å². The van der Waals surface area contributed by atoms with Crippen LogP contribution in [0.25, 0.3) is 11.0 Å². The Balaban J connectivity index is 1.79. The van der Waals surface area contributed by atoms with Crippen molar-refractivity contribution in [3.63, 3.8) is 0 Å². The van der Waals surface area contributed by atoms with E-state index in [0.29, 0.717) is 21.7 Å². The zero-order valence-electron chi connectivity index (χ0n) is 17.8. The smallest absolute Gasteiger partial charge is 0.266 e. The third kappa shape index (κ3) is 4.65. The number of sulfone groups is 1. The van der Waals surface area contributed by atoms with Gasteiger partial charge in [0.2, 0.25) is 0 Å². The third-order valence-electron chi connectivity index (χ3n) is 5.93. The van der Waals surface area contributed by atoms with E-state index in [-0.39, 0.29) is 28.3 Å². The number of halogens is 1. The van der Waals surface area contributed by atoms with Gasteiger partial charge in [-0.3, -0.25) is 14.2 Å². The van der Waals surface area contributed by atoms with Crippen LogP contribution in [0.4, 0.5) is 0 Å². The van der Waals surface area contributed by atoms with Gasteiger partial charge in [-0.1, -0.05) is 43.7 Å². The molecule has 3 aromatic rings. The molecule has 172 valence electrons. The molecule has 0 aliphatic heterocycles. The highest BCUT2D eigenvalue weighted by Gasteiger charge is 2.30. The zero-order valence-corrected chi connectivity index (χ0v) is 20.2. The summed E-state index contributed by atoms with van der Waals surface area (Å²) in [7, 11) is -2.23. The van der Waals surface area contributed by atoms with E-state index < -0.39 is 21.4 Å². The predicted molar refractivity (Wildman–Crippen MR) is 122 cm³/mol. The molecule has 0 N–H and O–H groups in total. The van der Waals surface area contributed by atoms with Gasteiger partial charge in [-0.15, -0.1) is 11.3 Å². The molecular weight excluding hydrogens is 474 g/mol. The molecule has 1 aliphatic carbocycles. The fourth-order valence-electron chi connectivity index (χ4n) is 4.38. The Bertz CT molecular complexity index is 1320.